The van der Waals surface area contributed by atoms with Gasteiger partial charge in [0.2, 0.25) is 0 Å². The Morgan fingerprint density at radius 3 is 2.57 bits per heavy atom. The van der Waals surface area contributed by atoms with Crippen LogP contribution in [0.15, 0.2) is 60.9 Å². The smallest absolute Gasteiger partial charge is 0.251 e. The van der Waals surface area contributed by atoms with Crippen molar-refractivity contribution >= 4 is 22.6 Å². The number of nitrogens with zero attached hydrogens (tertiary/aromatic N) is 2. The van der Waals surface area contributed by atoms with Crippen LogP contribution in [-0.2, 0) is 0 Å². The van der Waals surface area contributed by atoms with E-state index < -0.39 is 0 Å². The Morgan fingerprint density at radius 2 is 1.78 bits per heavy atom. The van der Waals surface area contributed by atoms with Crippen LogP contribution in [0.2, 0.25) is 0 Å². The molecule has 2 N–H and O–H groups in total. The van der Waals surface area contributed by atoms with Gasteiger partial charge in [-0.25, -0.2) is 0 Å². The molecule has 3 aromatic rings. The van der Waals surface area contributed by atoms with Gasteiger partial charge in [-0.05, 0) is 37.3 Å². The first kappa shape index (κ1) is 15.0. The van der Waals surface area contributed by atoms with E-state index in [-0.39, 0.29) is 11.9 Å². The molecule has 0 bridgehead atoms. The van der Waals surface area contributed by atoms with Crippen molar-refractivity contribution in [1.29, 1.82) is 0 Å². The molecule has 1 aromatic heterocycles. The van der Waals surface area contributed by atoms with Crippen LogP contribution in [0.4, 0.5) is 5.69 Å². The van der Waals surface area contributed by atoms with Crippen LogP contribution in [0.3, 0.4) is 0 Å². The highest BCUT2D eigenvalue weighted by Gasteiger charge is 2.10. The number of fused-ring (bicyclic) bond motifs is 1. The van der Waals surface area contributed by atoms with Gasteiger partial charge in [-0.3, -0.25) is 14.8 Å². The summed E-state index contributed by atoms with van der Waals surface area (Å²) in [5.74, 6) is -0.111. The molecule has 116 valence electrons. The average molecular weight is 306 g/mol. The number of nitrogens with one attached hydrogen (secondary N) is 2. The number of benzene rings is 2. The van der Waals surface area contributed by atoms with Gasteiger partial charge in [0.1, 0.15) is 0 Å². The number of aromatic nitrogens is 2. The zero-order valence-corrected chi connectivity index (χ0v) is 12.9. The van der Waals surface area contributed by atoms with Gasteiger partial charge >= 0.3 is 0 Å². The van der Waals surface area contributed by atoms with Crippen molar-refractivity contribution in [3.05, 3.63) is 66.5 Å². The maximum Gasteiger partial charge on any atom is 0.251 e. The van der Waals surface area contributed by atoms with Crippen LogP contribution in [0.1, 0.15) is 17.3 Å². The predicted octanol–water partition coefficient (Wildman–Crippen LogP) is 2.86. The highest BCUT2D eigenvalue weighted by Crippen LogP contribution is 2.11. The van der Waals surface area contributed by atoms with E-state index in [9.17, 15) is 4.79 Å². The minimum absolute atomic E-state index is 0.000241. The molecule has 0 radical (unpaired) electrons. The second-order valence-electron chi connectivity index (χ2n) is 5.38. The number of hydrogen-bond donors (Lipinski definition) is 2. The molecular weight excluding hydrogens is 288 g/mol. The number of rotatable bonds is 5. The van der Waals surface area contributed by atoms with E-state index >= 15 is 0 Å². The molecule has 0 fully saturated rings. The monoisotopic (exact) mass is 306 g/mol. The summed E-state index contributed by atoms with van der Waals surface area (Å²) < 4.78 is 0. The van der Waals surface area contributed by atoms with Crippen molar-refractivity contribution in [2.24, 2.45) is 0 Å². The molecule has 5 heteroatoms. The van der Waals surface area contributed by atoms with Crippen molar-refractivity contribution in [2.45, 2.75) is 13.0 Å². The van der Waals surface area contributed by atoms with Gasteiger partial charge in [-0.15, -0.1) is 0 Å². The first-order chi connectivity index (χ1) is 11.2. The van der Waals surface area contributed by atoms with Crippen molar-refractivity contribution in [2.75, 3.05) is 11.9 Å². The minimum atomic E-state index is -0.111. The fourth-order valence-electron chi connectivity index (χ4n) is 2.29. The lowest BCUT2D eigenvalue weighted by Crippen LogP contribution is -2.37. The number of carbonyl (C=O) groups is 1. The summed E-state index contributed by atoms with van der Waals surface area (Å²) in [6.07, 6.45) is 3.26. The van der Waals surface area contributed by atoms with Crippen LogP contribution < -0.4 is 10.6 Å². The van der Waals surface area contributed by atoms with Gasteiger partial charge in [-0.2, -0.15) is 0 Å². The van der Waals surface area contributed by atoms with E-state index in [2.05, 4.69) is 20.6 Å². The zero-order valence-electron chi connectivity index (χ0n) is 12.9. The van der Waals surface area contributed by atoms with E-state index in [1.807, 2.05) is 43.3 Å². The summed E-state index contributed by atoms with van der Waals surface area (Å²) in [6, 6.07) is 15.2. The quantitative estimate of drug-likeness (QED) is 0.760. The average Bonchev–Trinajstić information content (AvgIpc) is 2.60. The summed E-state index contributed by atoms with van der Waals surface area (Å²) in [6.45, 7) is 2.62. The van der Waals surface area contributed by atoms with E-state index in [1.165, 1.54) is 0 Å². The molecule has 1 atom stereocenters. The molecule has 1 unspecified atom stereocenters. The summed E-state index contributed by atoms with van der Waals surface area (Å²) >= 11 is 0. The van der Waals surface area contributed by atoms with Crippen LogP contribution in [0, 0.1) is 0 Å². The summed E-state index contributed by atoms with van der Waals surface area (Å²) in [7, 11) is 0. The molecule has 2 aromatic carbocycles. The normalized spacial score (nSPS) is 11.9. The highest BCUT2D eigenvalue weighted by molar-refractivity contribution is 5.97. The summed E-state index contributed by atoms with van der Waals surface area (Å²) in [5.41, 5.74) is 3.12. The first-order valence-corrected chi connectivity index (χ1v) is 7.53. The number of carbonyl (C=O) groups excluding carboxylic acids is 1. The maximum atomic E-state index is 12.3. The second-order valence-corrected chi connectivity index (χ2v) is 5.38. The third-order valence-corrected chi connectivity index (χ3v) is 3.50. The van der Waals surface area contributed by atoms with E-state index in [4.69, 9.17) is 0 Å². The fourth-order valence-corrected chi connectivity index (χ4v) is 2.29. The number of para-hydroxylation sites is 1. The summed E-state index contributed by atoms with van der Waals surface area (Å²) in [4.78, 5) is 20.7. The molecule has 1 heterocycles. The van der Waals surface area contributed by atoms with Crippen LogP contribution in [0.5, 0.6) is 0 Å². The molecule has 5 nitrogen and oxygen atoms in total. The molecule has 0 aliphatic heterocycles. The Hall–Kier alpha value is -2.95. The molecule has 0 spiro atoms. The van der Waals surface area contributed by atoms with Gasteiger partial charge < -0.3 is 10.6 Å². The number of hydrogen-bond acceptors (Lipinski definition) is 4. The number of amides is 1. The van der Waals surface area contributed by atoms with E-state index in [0.717, 1.165) is 16.7 Å². The zero-order chi connectivity index (χ0) is 16.1. The van der Waals surface area contributed by atoms with Crippen LogP contribution in [0.25, 0.3) is 11.0 Å². The van der Waals surface area contributed by atoms with Crippen molar-refractivity contribution in [3.8, 4) is 0 Å². The molecule has 23 heavy (non-hydrogen) atoms. The maximum absolute atomic E-state index is 12.3. The van der Waals surface area contributed by atoms with Gasteiger partial charge in [0.25, 0.3) is 5.91 Å². The topological polar surface area (TPSA) is 66.9 Å². The number of anilines is 1. The molecule has 0 aliphatic carbocycles. The van der Waals surface area contributed by atoms with Crippen LogP contribution in [-0.4, -0.2) is 28.5 Å². The second kappa shape index (κ2) is 6.87. The van der Waals surface area contributed by atoms with E-state index in [0.29, 0.717) is 12.1 Å². The Kier molecular flexibility index (Phi) is 4.47. The third-order valence-electron chi connectivity index (χ3n) is 3.50. The molecule has 0 aliphatic rings. The van der Waals surface area contributed by atoms with E-state index in [1.54, 1.807) is 24.5 Å². The Morgan fingerprint density at radius 1 is 1.04 bits per heavy atom. The standard InChI is InChI=1S/C18H18N4O/c1-13(12-21-15-5-3-2-4-6-15)22-18(23)14-7-8-16-17(11-14)20-10-9-19-16/h2-11,13,21H,12H2,1H3,(H,22,23). The fraction of sp³-hybridized carbons (Fsp3) is 0.167. The van der Waals surface area contributed by atoms with Crippen molar-refractivity contribution in [1.82, 2.24) is 15.3 Å². The first-order valence-electron chi connectivity index (χ1n) is 7.53. The minimum Gasteiger partial charge on any atom is -0.383 e. The highest BCUT2D eigenvalue weighted by atomic mass is 16.1. The lowest BCUT2D eigenvalue weighted by molar-refractivity contribution is 0.0942. The Bertz CT molecular complexity index is 804. The van der Waals surface area contributed by atoms with Gasteiger partial charge in [0.05, 0.1) is 11.0 Å². The van der Waals surface area contributed by atoms with Crippen LogP contribution >= 0.6 is 0 Å². The molecular formula is C18H18N4O. The lowest BCUT2D eigenvalue weighted by Gasteiger charge is -2.15. The molecule has 0 saturated heterocycles. The van der Waals surface area contributed by atoms with Gasteiger partial charge in [0.15, 0.2) is 0 Å². The van der Waals surface area contributed by atoms with Crippen molar-refractivity contribution < 1.29 is 4.79 Å². The largest absolute Gasteiger partial charge is 0.383 e. The Balaban J connectivity index is 1.61. The summed E-state index contributed by atoms with van der Waals surface area (Å²) in [5, 5.41) is 6.28. The predicted molar refractivity (Wildman–Crippen MR) is 91.4 cm³/mol. The molecule has 0 saturated carbocycles. The SMILES string of the molecule is CC(CNc1ccccc1)NC(=O)c1ccc2nccnc2c1. The van der Waals surface area contributed by atoms with Gasteiger partial charge in [0, 0.05) is 36.2 Å². The molecule has 1 amide bonds. The Labute approximate surface area is 134 Å². The lowest BCUT2D eigenvalue weighted by atomic mass is 10.1. The van der Waals surface area contributed by atoms with Gasteiger partial charge in [-0.1, -0.05) is 18.2 Å². The molecule has 3 rings (SSSR count). The van der Waals surface area contributed by atoms with Crippen molar-refractivity contribution in [3.63, 3.8) is 0 Å². The third kappa shape index (κ3) is 3.83.